The Balaban J connectivity index is 0.000000361. The van der Waals surface area contributed by atoms with Crippen LogP contribution in [0.2, 0.25) is 0 Å². The van der Waals surface area contributed by atoms with Crippen LogP contribution in [0.4, 0.5) is 0 Å². The number of carbonyl (C=O) groups excluding carboxylic acids is 1. The van der Waals surface area contributed by atoms with Gasteiger partial charge in [0.15, 0.2) is 5.78 Å². The van der Waals surface area contributed by atoms with Crippen LogP contribution >= 0.6 is 11.3 Å². The molecule has 5 aromatic rings. The van der Waals surface area contributed by atoms with Gasteiger partial charge in [0.25, 0.3) is 0 Å². The fourth-order valence-corrected chi connectivity index (χ4v) is 7.78. The molecule has 269 valence electrons. The number of pyridine rings is 2. The van der Waals surface area contributed by atoms with Gasteiger partial charge in [-0.25, -0.2) is 0 Å². The summed E-state index contributed by atoms with van der Waals surface area (Å²) in [6.45, 7) is 19.4. The Labute approximate surface area is 318 Å². The van der Waals surface area contributed by atoms with Crippen LogP contribution in [0, 0.1) is 30.9 Å². The second-order valence-electron chi connectivity index (χ2n) is 14.5. The number of rotatable bonds is 11. The van der Waals surface area contributed by atoms with Crippen molar-refractivity contribution in [2.45, 2.75) is 99.8 Å². The van der Waals surface area contributed by atoms with E-state index in [1.807, 2.05) is 49.8 Å². The molecule has 0 atom stereocenters. The first-order chi connectivity index (χ1) is 23.3. The number of fused-ring (bicyclic) bond motifs is 2. The Kier molecular flexibility index (Phi) is 15.0. The number of aliphatic hydroxyl groups excluding tert-OH is 1. The summed E-state index contributed by atoms with van der Waals surface area (Å²) in [4.78, 5) is 17.8. The van der Waals surface area contributed by atoms with Crippen LogP contribution in [-0.2, 0) is 36.7 Å². The molecular weight excluding hydrogens is 813 g/mol. The zero-order chi connectivity index (χ0) is 35.9. The van der Waals surface area contributed by atoms with E-state index in [0.29, 0.717) is 5.92 Å². The maximum Gasteiger partial charge on any atom is 0.162 e. The van der Waals surface area contributed by atoms with Gasteiger partial charge in [-0.05, 0) is 73.3 Å². The molecule has 2 aromatic carbocycles. The van der Waals surface area contributed by atoms with Crippen molar-refractivity contribution < 1.29 is 34.6 Å². The summed E-state index contributed by atoms with van der Waals surface area (Å²) in [5.41, 5.74) is 6.95. The Morgan fingerprint density at radius 2 is 1.64 bits per heavy atom. The number of carbonyl (C=O) groups is 1. The van der Waals surface area contributed by atoms with Gasteiger partial charge in [-0.1, -0.05) is 91.5 Å². The molecule has 0 aliphatic heterocycles. The van der Waals surface area contributed by atoms with Crippen LogP contribution < -0.4 is 4.57 Å². The van der Waals surface area contributed by atoms with Crippen molar-refractivity contribution in [2.24, 2.45) is 17.8 Å². The van der Waals surface area contributed by atoms with Crippen LogP contribution in [0.5, 0.6) is 0 Å². The maximum absolute atomic E-state index is 11.7. The number of aliphatic hydroxyl groups is 1. The van der Waals surface area contributed by atoms with E-state index in [-0.39, 0.29) is 48.9 Å². The average molecular weight is 868 g/mol. The molecule has 50 heavy (non-hydrogen) atoms. The van der Waals surface area contributed by atoms with Crippen LogP contribution in [-0.4, -0.2) is 15.9 Å². The maximum atomic E-state index is 11.7. The number of aromatic nitrogens is 2. The molecule has 0 amide bonds. The Hall–Kier alpha value is -3.31. The summed E-state index contributed by atoms with van der Waals surface area (Å²) in [5.74, 6) is 1.18. The van der Waals surface area contributed by atoms with Gasteiger partial charge in [0.1, 0.15) is 5.69 Å². The van der Waals surface area contributed by atoms with Crippen molar-refractivity contribution in [1.29, 1.82) is 0 Å². The SMILES string of the molecule is CCC(CC)C(=O)/C=C(\O)C(CC)CC.[CH2-][n+]1ccc(-c2ccnc3cc(CC(C)C)sc23)cc1-c1[c-]c2ccccc2c(C(C)(C)C)c1.[Ir]. The minimum absolute atomic E-state index is 0. The first-order valence-electron chi connectivity index (χ1n) is 18.0. The predicted octanol–water partition coefficient (Wildman–Crippen LogP) is 11.9. The van der Waals surface area contributed by atoms with Crippen LogP contribution in [0.1, 0.15) is 98.4 Å². The molecule has 6 heteroatoms. The van der Waals surface area contributed by atoms with Crippen molar-refractivity contribution >= 4 is 38.1 Å². The van der Waals surface area contributed by atoms with E-state index in [2.05, 4.69) is 114 Å². The Morgan fingerprint density at radius 3 is 2.26 bits per heavy atom. The van der Waals surface area contributed by atoms with Gasteiger partial charge in [0.2, 0.25) is 0 Å². The van der Waals surface area contributed by atoms with Crippen molar-refractivity contribution in [2.75, 3.05) is 0 Å². The van der Waals surface area contributed by atoms with Gasteiger partial charge in [0.05, 0.1) is 22.2 Å². The number of allylic oxidation sites excluding steroid dienone is 2. The Morgan fingerprint density at radius 1 is 0.980 bits per heavy atom. The fraction of sp³-hybridized carbons (Fsp3) is 0.409. The number of ketones is 1. The number of thiophene rings is 1. The predicted molar refractivity (Wildman–Crippen MR) is 209 cm³/mol. The molecule has 3 heterocycles. The molecule has 3 aromatic heterocycles. The van der Waals surface area contributed by atoms with E-state index in [1.54, 1.807) is 0 Å². The molecule has 1 radical (unpaired) electrons. The van der Waals surface area contributed by atoms with Crippen LogP contribution in [0.25, 0.3) is 43.4 Å². The second kappa shape index (κ2) is 18.3. The largest absolute Gasteiger partial charge is 0.512 e. The summed E-state index contributed by atoms with van der Waals surface area (Å²) in [7, 11) is 4.29. The third-order valence-electron chi connectivity index (χ3n) is 9.36. The van der Waals surface area contributed by atoms with Gasteiger partial charge >= 0.3 is 0 Å². The van der Waals surface area contributed by atoms with E-state index in [1.165, 1.54) is 37.7 Å². The van der Waals surface area contributed by atoms with Crippen LogP contribution in [0.15, 0.2) is 78.8 Å². The monoisotopic (exact) mass is 868 g/mol. The normalized spacial score (nSPS) is 12.0. The smallest absolute Gasteiger partial charge is 0.162 e. The van der Waals surface area contributed by atoms with Crippen molar-refractivity contribution in [1.82, 2.24) is 4.98 Å². The number of hydrogen-bond acceptors (Lipinski definition) is 4. The van der Waals surface area contributed by atoms with E-state index in [4.69, 9.17) is 0 Å². The Bertz CT molecular complexity index is 1910. The molecule has 4 nitrogen and oxygen atoms in total. The number of benzene rings is 2. The minimum atomic E-state index is 0. The van der Waals surface area contributed by atoms with Crippen LogP contribution in [0.3, 0.4) is 0 Å². The quantitative estimate of drug-likeness (QED) is 0.0623. The minimum Gasteiger partial charge on any atom is -0.512 e. The standard InChI is InChI=1S/C31H31N2S.C13H24O2.Ir/c1-20(2)15-24-19-28-30(34-24)26(11-13-32-28)22-12-14-33(6)29(18-22)23-16-21-9-7-8-10-25(21)27(17-23)31(3,4)5;1-5-10(6-2)12(14)9-13(15)11(7-3)8-4;/h7-14,17-20H,6,15H2,1-5H3;9-11,14H,5-8H2,1-4H3;/q-1;;/b;12-9-;. The molecule has 0 saturated heterocycles. The van der Waals surface area contributed by atoms with Gasteiger partial charge < -0.3 is 9.67 Å². The van der Waals surface area contributed by atoms with Crippen molar-refractivity contribution in [3.05, 3.63) is 102 Å². The zero-order valence-corrected chi connectivity index (χ0v) is 34.6. The number of hydrogen-bond donors (Lipinski definition) is 1. The third-order valence-corrected chi connectivity index (χ3v) is 10.5. The van der Waals surface area contributed by atoms with E-state index < -0.39 is 0 Å². The molecule has 0 bridgehead atoms. The van der Waals surface area contributed by atoms with E-state index in [9.17, 15) is 9.90 Å². The summed E-state index contributed by atoms with van der Waals surface area (Å²) >= 11 is 1.87. The molecule has 1 N–H and O–H groups in total. The summed E-state index contributed by atoms with van der Waals surface area (Å²) < 4.78 is 3.21. The summed E-state index contributed by atoms with van der Waals surface area (Å²) in [6.07, 6.45) is 9.97. The first kappa shape index (κ1) is 41.1. The fourth-order valence-electron chi connectivity index (χ4n) is 6.41. The third kappa shape index (κ3) is 9.93. The summed E-state index contributed by atoms with van der Waals surface area (Å²) in [6, 6.07) is 23.3. The number of nitrogens with zero attached hydrogens (tertiary/aromatic N) is 2. The molecule has 0 saturated carbocycles. The summed E-state index contributed by atoms with van der Waals surface area (Å²) in [5, 5.41) is 12.2. The molecule has 0 aliphatic rings. The van der Waals surface area contributed by atoms with Crippen molar-refractivity contribution in [3.8, 4) is 22.4 Å². The van der Waals surface area contributed by atoms with Crippen molar-refractivity contribution in [3.63, 3.8) is 0 Å². The molecule has 0 spiro atoms. The first-order valence-corrected chi connectivity index (χ1v) is 18.8. The zero-order valence-electron chi connectivity index (χ0n) is 31.4. The van der Waals surface area contributed by atoms with Gasteiger partial charge in [-0.15, -0.1) is 40.5 Å². The molecular formula is C44H55IrN2O2S-. The van der Waals surface area contributed by atoms with Gasteiger partial charge in [-0.3, -0.25) is 9.78 Å². The average Bonchev–Trinajstić information content (AvgIpc) is 3.47. The topological polar surface area (TPSA) is 54.1 Å². The van der Waals surface area contributed by atoms with Gasteiger partial charge in [-0.2, -0.15) is 0 Å². The molecule has 0 unspecified atom stereocenters. The molecule has 0 aliphatic carbocycles. The van der Waals surface area contributed by atoms with Gasteiger partial charge in [0, 0.05) is 61.7 Å². The van der Waals surface area contributed by atoms with E-state index in [0.717, 1.165) is 54.3 Å². The molecule has 0 fully saturated rings. The van der Waals surface area contributed by atoms with E-state index >= 15 is 0 Å². The molecule has 5 rings (SSSR count). The second-order valence-corrected chi connectivity index (χ2v) is 15.7.